The lowest BCUT2D eigenvalue weighted by Gasteiger charge is -2.25. The molecule has 1 aromatic heterocycles. The van der Waals surface area contributed by atoms with Crippen LogP contribution < -0.4 is 4.90 Å². The fourth-order valence-electron chi connectivity index (χ4n) is 1.97. The molecule has 0 spiro atoms. The van der Waals surface area contributed by atoms with Crippen LogP contribution in [0, 0.1) is 0 Å². The average Bonchev–Trinajstić information content (AvgIpc) is 2.16. The number of hydrogen-bond acceptors (Lipinski definition) is 3. The van der Waals surface area contributed by atoms with Crippen molar-refractivity contribution in [3.8, 4) is 0 Å². The van der Waals surface area contributed by atoms with E-state index < -0.39 is 0 Å². The van der Waals surface area contributed by atoms with Gasteiger partial charge in [-0.15, -0.1) is 0 Å². The van der Waals surface area contributed by atoms with Crippen molar-refractivity contribution >= 4 is 21.7 Å². The van der Waals surface area contributed by atoms with Gasteiger partial charge in [0.2, 0.25) is 0 Å². The molecule has 0 N–H and O–H groups in total. The maximum Gasteiger partial charge on any atom is 0.133 e. The van der Waals surface area contributed by atoms with Crippen LogP contribution >= 0.6 is 15.9 Å². The Balaban J connectivity index is 2.06. The van der Waals surface area contributed by atoms with Crippen molar-refractivity contribution in [1.29, 1.82) is 0 Å². The fourth-order valence-corrected chi connectivity index (χ4v) is 2.27. The van der Waals surface area contributed by atoms with Gasteiger partial charge in [-0.2, -0.15) is 0 Å². The van der Waals surface area contributed by atoms with E-state index in [1.165, 1.54) is 32.1 Å². The van der Waals surface area contributed by atoms with Crippen molar-refractivity contribution in [3.05, 3.63) is 17.0 Å². The maximum absolute atomic E-state index is 4.32. The normalized spacial score (nSPS) is 18.3. The van der Waals surface area contributed by atoms with E-state index in [-0.39, 0.29) is 0 Å². The number of anilines is 1. The van der Waals surface area contributed by atoms with Gasteiger partial charge in [-0.1, -0.05) is 19.3 Å². The minimum atomic E-state index is 0.870. The van der Waals surface area contributed by atoms with E-state index in [1.54, 1.807) is 6.33 Å². The monoisotopic (exact) mass is 269 g/mol. The Hall–Kier alpha value is -0.640. The number of hydrogen-bond donors (Lipinski definition) is 0. The van der Waals surface area contributed by atoms with Crippen LogP contribution in [0.5, 0.6) is 0 Å². The van der Waals surface area contributed by atoms with Crippen molar-refractivity contribution in [3.63, 3.8) is 0 Å². The van der Waals surface area contributed by atoms with Crippen LogP contribution in [-0.4, -0.2) is 23.1 Å². The second-order valence-electron chi connectivity index (χ2n) is 3.95. The molecule has 3 nitrogen and oxygen atoms in total. The predicted octanol–water partition coefficient (Wildman–Crippen LogP) is 3.01. The van der Waals surface area contributed by atoms with Crippen LogP contribution in [-0.2, 0) is 0 Å². The van der Waals surface area contributed by atoms with E-state index >= 15 is 0 Å². The Kier molecular flexibility index (Phi) is 3.94. The lowest BCUT2D eigenvalue weighted by Crippen LogP contribution is -2.27. The third-order valence-corrected chi connectivity index (χ3v) is 3.23. The van der Waals surface area contributed by atoms with E-state index in [2.05, 4.69) is 30.8 Å². The van der Waals surface area contributed by atoms with Crippen molar-refractivity contribution in [2.75, 3.05) is 18.0 Å². The van der Waals surface area contributed by atoms with Crippen LogP contribution in [0.2, 0.25) is 0 Å². The average molecular weight is 270 g/mol. The van der Waals surface area contributed by atoms with Gasteiger partial charge < -0.3 is 4.90 Å². The smallest absolute Gasteiger partial charge is 0.133 e. The molecule has 0 saturated carbocycles. The second kappa shape index (κ2) is 5.45. The highest BCUT2D eigenvalue weighted by Gasteiger charge is 2.10. The minimum absolute atomic E-state index is 0.870. The Labute approximate surface area is 99.0 Å². The molecule has 0 aromatic carbocycles. The molecule has 4 heteroatoms. The van der Waals surface area contributed by atoms with E-state index in [4.69, 9.17) is 0 Å². The van der Waals surface area contributed by atoms with E-state index in [9.17, 15) is 0 Å². The fraction of sp³-hybridized carbons (Fsp3) is 0.636. The molecule has 82 valence electrons. The van der Waals surface area contributed by atoms with Crippen molar-refractivity contribution in [1.82, 2.24) is 9.97 Å². The molecule has 15 heavy (non-hydrogen) atoms. The molecule has 2 rings (SSSR count). The van der Waals surface area contributed by atoms with E-state index in [0.29, 0.717) is 0 Å². The van der Waals surface area contributed by atoms with Gasteiger partial charge in [0.15, 0.2) is 0 Å². The first-order chi connectivity index (χ1) is 7.36. The summed E-state index contributed by atoms with van der Waals surface area (Å²) in [6.45, 7) is 2.26. The first-order valence-electron chi connectivity index (χ1n) is 5.59. The molecular weight excluding hydrogens is 254 g/mol. The van der Waals surface area contributed by atoms with Gasteiger partial charge in [-0.25, -0.2) is 9.97 Å². The lowest BCUT2D eigenvalue weighted by molar-refractivity contribution is 0.553. The molecular formula is C11H16BrN3. The number of aromatic nitrogens is 2. The zero-order chi connectivity index (χ0) is 10.5. The lowest BCUT2D eigenvalue weighted by atomic mass is 10.1. The second-order valence-corrected chi connectivity index (χ2v) is 4.77. The molecule has 0 atom stereocenters. The summed E-state index contributed by atoms with van der Waals surface area (Å²) in [5.74, 6) is 1.05. The summed E-state index contributed by atoms with van der Waals surface area (Å²) >= 11 is 3.39. The van der Waals surface area contributed by atoms with E-state index in [0.717, 1.165) is 23.5 Å². The molecule has 1 aliphatic rings. The zero-order valence-corrected chi connectivity index (χ0v) is 10.4. The highest BCUT2D eigenvalue weighted by Crippen LogP contribution is 2.18. The maximum atomic E-state index is 4.32. The molecule has 1 fully saturated rings. The third-order valence-electron chi connectivity index (χ3n) is 2.80. The summed E-state index contributed by atoms with van der Waals surface area (Å²) in [5.41, 5.74) is 0. The molecule has 0 aliphatic carbocycles. The Bertz CT molecular complexity index is 308. The SMILES string of the molecule is Brc1cc(N2CCCCCCC2)ncn1. The topological polar surface area (TPSA) is 29.0 Å². The van der Waals surface area contributed by atoms with Crippen LogP contribution in [0.15, 0.2) is 17.0 Å². The summed E-state index contributed by atoms with van der Waals surface area (Å²) in [7, 11) is 0. The highest BCUT2D eigenvalue weighted by atomic mass is 79.9. The Morgan fingerprint density at radius 3 is 2.33 bits per heavy atom. The van der Waals surface area contributed by atoms with E-state index in [1.807, 2.05) is 6.07 Å². The number of nitrogens with zero attached hydrogens (tertiary/aromatic N) is 3. The summed E-state index contributed by atoms with van der Waals surface area (Å²) in [6.07, 6.45) is 8.27. The largest absolute Gasteiger partial charge is 0.356 e. The molecule has 2 heterocycles. The first kappa shape index (κ1) is 10.9. The Morgan fingerprint density at radius 1 is 1.00 bits per heavy atom. The van der Waals surface area contributed by atoms with Gasteiger partial charge in [0, 0.05) is 19.2 Å². The molecule has 0 unspecified atom stereocenters. The summed E-state index contributed by atoms with van der Waals surface area (Å²) in [5, 5.41) is 0. The number of rotatable bonds is 1. The van der Waals surface area contributed by atoms with Gasteiger partial charge in [0.25, 0.3) is 0 Å². The summed E-state index contributed by atoms with van der Waals surface area (Å²) in [4.78, 5) is 10.7. The predicted molar refractivity (Wildman–Crippen MR) is 65.0 cm³/mol. The number of halogens is 1. The van der Waals surface area contributed by atoms with Gasteiger partial charge >= 0.3 is 0 Å². The van der Waals surface area contributed by atoms with Crippen LogP contribution in [0.3, 0.4) is 0 Å². The van der Waals surface area contributed by atoms with Gasteiger partial charge in [0.1, 0.15) is 16.7 Å². The first-order valence-corrected chi connectivity index (χ1v) is 6.38. The van der Waals surface area contributed by atoms with Gasteiger partial charge in [-0.05, 0) is 28.8 Å². The highest BCUT2D eigenvalue weighted by molar-refractivity contribution is 9.10. The van der Waals surface area contributed by atoms with Crippen molar-refractivity contribution in [2.45, 2.75) is 32.1 Å². The van der Waals surface area contributed by atoms with Crippen molar-refractivity contribution in [2.24, 2.45) is 0 Å². The standard InChI is InChI=1S/C11H16BrN3/c12-10-8-11(14-9-13-10)15-6-4-2-1-3-5-7-15/h8-9H,1-7H2. The molecule has 1 aromatic rings. The zero-order valence-electron chi connectivity index (χ0n) is 8.82. The molecule has 0 amide bonds. The molecule has 1 saturated heterocycles. The summed E-state index contributed by atoms with van der Waals surface area (Å²) < 4.78 is 0.870. The summed E-state index contributed by atoms with van der Waals surface area (Å²) in [6, 6.07) is 2.00. The molecule has 0 radical (unpaired) electrons. The van der Waals surface area contributed by atoms with Crippen molar-refractivity contribution < 1.29 is 0 Å². The third kappa shape index (κ3) is 3.16. The van der Waals surface area contributed by atoms with Crippen LogP contribution in [0.4, 0.5) is 5.82 Å². The minimum Gasteiger partial charge on any atom is -0.356 e. The van der Waals surface area contributed by atoms with Gasteiger partial charge in [0.05, 0.1) is 0 Å². The Morgan fingerprint density at radius 2 is 1.67 bits per heavy atom. The molecule has 0 bridgehead atoms. The van der Waals surface area contributed by atoms with Crippen LogP contribution in [0.1, 0.15) is 32.1 Å². The van der Waals surface area contributed by atoms with Gasteiger partial charge in [-0.3, -0.25) is 0 Å². The van der Waals surface area contributed by atoms with Crippen LogP contribution in [0.25, 0.3) is 0 Å². The molecule has 1 aliphatic heterocycles. The quantitative estimate of drug-likeness (QED) is 0.734.